The van der Waals surface area contributed by atoms with Crippen LogP contribution >= 0.6 is 0 Å². The second kappa shape index (κ2) is 6.84. The molecule has 2 aromatic carbocycles. The zero-order valence-electron chi connectivity index (χ0n) is 13.8. The predicted molar refractivity (Wildman–Crippen MR) is 101 cm³/mol. The van der Waals surface area contributed by atoms with Gasteiger partial charge in [-0.25, -0.2) is 0 Å². The minimum atomic E-state index is 1.19. The van der Waals surface area contributed by atoms with Gasteiger partial charge in [0.1, 0.15) is 0 Å². The maximum atomic E-state index is 3.78. The third kappa shape index (κ3) is 2.90. The molecule has 0 bridgehead atoms. The van der Waals surface area contributed by atoms with Gasteiger partial charge < -0.3 is 0 Å². The van der Waals surface area contributed by atoms with E-state index in [4.69, 9.17) is 0 Å². The van der Waals surface area contributed by atoms with Crippen LogP contribution in [0.3, 0.4) is 0 Å². The summed E-state index contributed by atoms with van der Waals surface area (Å²) >= 11 is 0. The summed E-state index contributed by atoms with van der Waals surface area (Å²) in [5.74, 6) is 0. The summed E-state index contributed by atoms with van der Waals surface area (Å²) in [6.07, 6.45) is 12.9. The van der Waals surface area contributed by atoms with Crippen molar-refractivity contribution in [3.05, 3.63) is 95.3 Å². The third-order valence-electron chi connectivity index (χ3n) is 4.83. The van der Waals surface area contributed by atoms with Crippen LogP contribution in [0.4, 0.5) is 0 Å². The molecule has 3 aromatic rings. The summed E-state index contributed by atoms with van der Waals surface area (Å²) < 4.78 is 0. The van der Waals surface area contributed by atoms with Gasteiger partial charge in [-0.05, 0) is 71.2 Å². The standard InChI is InChI=1S/C18H16.C5H5N/c1-3-7-15-13(5-1)9-11-18-16-8-4-2-6-14(16)10-12-17(15)18;1-2-4-6-5-3-1/h1,3-5,7-8,10,12H,2,6,9,11H2;1-5H. The first-order chi connectivity index (χ1) is 11.9. The van der Waals surface area contributed by atoms with Gasteiger partial charge in [0.25, 0.3) is 0 Å². The molecule has 118 valence electrons. The van der Waals surface area contributed by atoms with Crippen molar-refractivity contribution >= 4 is 6.08 Å². The highest BCUT2D eigenvalue weighted by Crippen LogP contribution is 2.38. The minimum Gasteiger partial charge on any atom is -0.265 e. The Morgan fingerprint density at radius 3 is 2.33 bits per heavy atom. The van der Waals surface area contributed by atoms with E-state index >= 15 is 0 Å². The molecule has 5 rings (SSSR count). The van der Waals surface area contributed by atoms with E-state index in [0.29, 0.717) is 0 Å². The molecule has 1 heterocycles. The number of rotatable bonds is 0. The number of fused-ring (bicyclic) bond motifs is 5. The quantitative estimate of drug-likeness (QED) is 0.534. The molecule has 0 fully saturated rings. The molecule has 0 radical (unpaired) electrons. The molecular weight excluding hydrogens is 290 g/mol. The molecule has 0 atom stereocenters. The van der Waals surface area contributed by atoms with E-state index in [9.17, 15) is 0 Å². The van der Waals surface area contributed by atoms with E-state index in [1.807, 2.05) is 18.2 Å². The number of hydrogen-bond donors (Lipinski definition) is 0. The highest BCUT2D eigenvalue weighted by Gasteiger charge is 2.19. The van der Waals surface area contributed by atoms with Gasteiger partial charge >= 0.3 is 0 Å². The van der Waals surface area contributed by atoms with Crippen LogP contribution in [0.2, 0.25) is 0 Å². The molecule has 0 amide bonds. The van der Waals surface area contributed by atoms with Gasteiger partial charge in [-0.15, -0.1) is 0 Å². The van der Waals surface area contributed by atoms with Crippen LogP contribution in [0.5, 0.6) is 0 Å². The summed E-state index contributed by atoms with van der Waals surface area (Å²) in [4.78, 5) is 3.78. The van der Waals surface area contributed by atoms with E-state index in [-0.39, 0.29) is 0 Å². The number of aryl methyl sites for hydroxylation is 2. The lowest BCUT2D eigenvalue weighted by molar-refractivity contribution is 0.915. The van der Waals surface area contributed by atoms with Gasteiger partial charge in [-0.1, -0.05) is 54.6 Å². The lowest BCUT2D eigenvalue weighted by atomic mass is 9.80. The van der Waals surface area contributed by atoms with Crippen LogP contribution in [-0.2, 0) is 19.3 Å². The van der Waals surface area contributed by atoms with Crippen molar-refractivity contribution in [1.82, 2.24) is 4.98 Å². The molecule has 24 heavy (non-hydrogen) atoms. The fourth-order valence-electron chi connectivity index (χ4n) is 3.67. The van der Waals surface area contributed by atoms with Crippen molar-refractivity contribution in [1.29, 1.82) is 0 Å². The van der Waals surface area contributed by atoms with E-state index in [1.54, 1.807) is 18.0 Å². The van der Waals surface area contributed by atoms with Crippen LogP contribution in [0.15, 0.2) is 73.1 Å². The summed E-state index contributed by atoms with van der Waals surface area (Å²) in [5.41, 5.74) is 9.03. The highest BCUT2D eigenvalue weighted by atomic mass is 14.6. The number of aromatic nitrogens is 1. The molecule has 0 N–H and O–H groups in total. The van der Waals surface area contributed by atoms with Gasteiger partial charge in [0.15, 0.2) is 0 Å². The van der Waals surface area contributed by atoms with Gasteiger partial charge in [0, 0.05) is 12.4 Å². The second-order valence-corrected chi connectivity index (χ2v) is 6.29. The lowest BCUT2D eigenvalue weighted by Crippen LogP contribution is -2.08. The fourth-order valence-corrected chi connectivity index (χ4v) is 3.67. The van der Waals surface area contributed by atoms with Crippen LogP contribution in [-0.4, -0.2) is 4.98 Å². The maximum absolute atomic E-state index is 3.78. The minimum absolute atomic E-state index is 1.19. The van der Waals surface area contributed by atoms with Gasteiger partial charge in [-0.2, -0.15) is 0 Å². The molecule has 0 spiro atoms. The van der Waals surface area contributed by atoms with Crippen molar-refractivity contribution in [3.63, 3.8) is 0 Å². The molecule has 1 nitrogen and oxygen atoms in total. The topological polar surface area (TPSA) is 12.9 Å². The van der Waals surface area contributed by atoms with Gasteiger partial charge in [-0.3, -0.25) is 4.98 Å². The van der Waals surface area contributed by atoms with Crippen molar-refractivity contribution in [2.45, 2.75) is 25.7 Å². The van der Waals surface area contributed by atoms with E-state index in [0.717, 1.165) is 0 Å². The van der Waals surface area contributed by atoms with Crippen molar-refractivity contribution in [2.24, 2.45) is 0 Å². The Kier molecular flexibility index (Phi) is 4.24. The molecule has 0 saturated heterocycles. The van der Waals surface area contributed by atoms with Gasteiger partial charge in [0.05, 0.1) is 0 Å². The van der Waals surface area contributed by atoms with E-state index in [2.05, 4.69) is 53.5 Å². The summed E-state index contributed by atoms with van der Waals surface area (Å²) in [7, 11) is 0. The summed E-state index contributed by atoms with van der Waals surface area (Å²) in [6.45, 7) is 0. The first kappa shape index (κ1) is 14.9. The Morgan fingerprint density at radius 2 is 1.54 bits per heavy atom. The van der Waals surface area contributed by atoms with Crippen molar-refractivity contribution in [3.8, 4) is 11.1 Å². The molecular formula is C23H21N. The highest BCUT2D eigenvalue weighted by molar-refractivity contribution is 5.78. The zero-order chi connectivity index (χ0) is 16.2. The summed E-state index contributed by atoms with van der Waals surface area (Å²) in [5, 5.41) is 0. The molecule has 2 aliphatic rings. The third-order valence-corrected chi connectivity index (χ3v) is 4.83. The van der Waals surface area contributed by atoms with Crippen LogP contribution in [0.25, 0.3) is 17.2 Å². The number of hydrogen-bond acceptors (Lipinski definition) is 1. The largest absolute Gasteiger partial charge is 0.265 e. The van der Waals surface area contributed by atoms with Crippen LogP contribution < -0.4 is 0 Å². The molecule has 0 unspecified atom stereocenters. The first-order valence-electron chi connectivity index (χ1n) is 8.68. The Morgan fingerprint density at radius 1 is 0.667 bits per heavy atom. The predicted octanol–water partition coefficient (Wildman–Crippen LogP) is 5.49. The molecule has 1 aromatic heterocycles. The van der Waals surface area contributed by atoms with Crippen LogP contribution in [0, 0.1) is 0 Å². The van der Waals surface area contributed by atoms with Gasteiger partial charge in [0.2, 0.25) is 0 Å². The number of pyridine rings is 1. The van der Waals surface area contributed by atoms with E-state index < -0.39 is 0 Å². The Labute approximate surface area is 143 Å². The van der Waals surface area contributed by atoms with Crippen molar-refractivity contribution in [2.75, 3.05) is 0 Å². The maximum Gasteiger partial charge on any atom is 0.0267 e. The second-order valence-electron chi connectivity index (χ2n) is 6.29. The first-order valence-corrected chi connectivity index (χ1v) is 8.68. The molecule has 2 aliphatic carbocycles. The smallest absolute Gasteiger partial charge is 0.0267 e. The lowest BCUT2D eigenvalue weighted by Gasteiger charge is -2.24. The average molecular weight is 311 g/mol. The monoisotopic (exact) mass is 311 g/mol. The molecule has 0 saturated carbocycles. The van der Waals surface area contributed by atoms with Crippen LogP contribution in [0.1, 0.15) is 28.7 Å². The Hall–Kier alpha value is -2.67. The van der Waals surface area contributed by atoms with E-state index in [1.165, 1.54) is 53.5 Å². The summed E-state index contributed by atoms with van der Waals surface area (Å²) in [6, 6.07) is 19.2. The SMILES string of the molecule is C1=Cc2c(ccc3c2CCc2ccccc2-3)CC1.c1ccncc1. The normalized spacial score (nSPS) is 13.8. The molecule has 0 aliphatic heterocycles. The Balaban J connectivity index is 0.000000207. The number of nitrogens with zero attached hydrogens (tertiary/aromatic N) is 1. The zero-order valence-corrected chi connectivity index (χ0v) is 13.8. The number of allylic oxidation sites excluding steroid dienone is 1. The number of benzene rings is 2. The average Bonchev–Trinajstić information content (AvgIpc) is 2.69. The Bertz CT molecular complexity index is 836. The van der Waals surface area contributed by atoms with Crippen molar-refractivity contribution < 1.29 is 0 Å². The molecule has 1 heteroatoms. The fraction of sp³-hybridized carbons (Fsp3) is 0.174.